The number of nitrogens with two attached hydrogens (primary N) is 1. The third-order valence-electron chi connectivity index (χ3n) is 3.06. The first-order chi connectivity index (χ1) is 9.86. The van der Waals surface area contributed by atoms with Crippen LogP contribution in [-0.2, 0) is 6.61 Å². The van der Waals surface area contributed by atoms with Crippen molar-refractivity contribution < 1.29 is 4.74 Å². The Morgan fingerprint density at radius 1 is 1.33 bits per heavy atom. The van der Waals surface area contributed by atoms with Gasteiger partial charge in [-0.3, -0.25) is 4.79 Å². The molecule has 0 amide bonds. The van der Waals surface area contributed by atoms with E-state index in [9.17, 15) is 4.79 Å². The van der Waals surface area contributed by atoms with Gasteiger partial charge in [0.1, 0.15) is 18.2 Å². The summed E-state index contributed by atoms with van der Waals surface area (Å²) in [5, 5.41) is 0.729. The molecule has 21 heavy (non-hydrogen) atoms. The Hall–Kier alpha value is -1.85. The van der Waals surface area contributed by atoms with Crippen LogP contribution in [0, 0.1) is 13.8 Å². The van der Waals surface area contributed by atoms with E-state index in [2.05, 4.69) is 9.97 Å². The van der Waals surface area contributed by atoms with Crippen LogP contribution in [0.1, 0.15) is 35.6 Å². The summed E-state index contributed by atoms with van der Waals surface area (Å²) >= 11 is 6.11. The number of aromatic nitrogens is 2. The third kappa shape index (κ3) is 3.83. The minimum absolute atomic E-state index is 0.163. The minimum atomic E-state index is -0.300. The van der Waals surface area contributed by atoms with Crippen molar-refractivity contribution in [3.63, 3.8) is 0 Å². The van der Waals surface area contributed by atoms with Gasteiger partial charge in [0.2, 0.25) is 0 Å². The molecule has 0 spiro atoms. The molecule has 0 aliphatic heterocycles. The fourth-order valence-corrected chi connectivity index (χ4v) is 2.08. The molecule has 1 atom stereocenters. The normalized spacial score (nSPS) is 12.2. The predicted molar refractivity (Wildman–Crippen MR) is 82.7 cm³/mol. The van der Waals surface area contributed by atoms with E-state index in [0.717, 1.165) is 16.1 Å². The molecule has 0 radical (unpaired) electrons. The molecule has 1 heterocycles. The van der Waals surface area contributed by atoms with Gasteiger partial charge in [-0.15, -0.1) is 0 Å². The van der Waals surface area contributed by atoms with Gasteiger partial charge in [0.15, 0.2) is 0 Å². The second-order valence-corrected chi connectivity index (χ2v) is 5.44. The van der Waals surface area contributed by atoms with Crippen molar-refractivity contribution in [2.75, 3.05) is 0 Å². The zero-order chi connectivity index (χ0) is 15.6. The maximum Gasteiger partial charge on any atom is 0.251 e. The number of hydrogen-bond acceptors (Lipinski definition) is 4. The number of benzene rings is 1. The van der Waals surface area contributed by atoms with E-state index in [1.54, 1.807) is 6.92 Å². The van der Waals surface area contributed by atoms with Crippen molar-refractivity contribution in [1.29, 1.82) is 0 Å². The molecule has 0 aliphatic rings. The van der Waals surface area contributed by atoms with E-state index in [-0.39, 0.29) is 18.2 Å². The van der Waals surface area contributed by atoms with Crippen LogP contribution in [-0.4, -0.2) is 9.97 Å². The van der Waals surface area contributed by atoms with Gasteiger partial charge in [-0.05, 0) is 44.0 Å². The predicted octanol–water partition coefficient (Wildman–Crippen LogP) is 2.64. The molecule has 0 saturated carbocycles. The summed E-state index contributed by atoms with van der Waals surface area (Å²) < 4.78 is 5.67. The van der Waals surface area contributed by atoms with Crippen molar-refractivity contribution in [1.82, 2.24) is 9.97 Å². The van der Waals surface area contributed by atoms with Gasteiger partial charge in [-0.1, -0.05) is 11.6 Å². The number of aryl methyl sites for hydroxylation is 2. The van der Waals surface area contributed by atoms with Crippen LogP contribution in [0.25, 0.3) is 0 Å². The molecule has 3 N–H and O–H groups in total. The van der Waals surface area contributed by atoms with Gasteiger partial charge in [0, 0.05) is 17.1 Å². The minimum Gasteiger partial charge on any atom is -0.486 e. The molecule has 1 aromatic heterocycles. The Labute approximate surface area is 128 Å². The van der Waals surface area contributed by atoms with Gasteiger partial charge >= 0.3 is 0 Å². The van der Waals surface area contributed by atoms with Gasteiger partial charge in [0.25, 0.3) is 5.56 Å². The summed E-state index contributed by atoms with van der Waals surface area (Å²) in [6, 6.07) is 4.79. The number of nitrogens with one attached hydrogen (secondary N) is 1. The van der Waals surface area contributed by atoms with Crippen molar-refractivity contribution in [2.24, 2.45) is 5.73 Å². The van der Waals surface area contributed by atoms with Crippen molar-refractivity contribution in [2.45, 2.75) is 33.4 Å². The Morgan fingerprint density at radius 3 is 2.52 bits per heavy atom. The number of rotatable bonds is 4. The first-order valence-corrected chi connectivity index (χ1v) is 7.00. The Bertz CT molecular complexity index is 687. The summed E-state index contributed by atoms with van der Waals surface area (Å²) in [5.41, 5.74) is 7.93. The van der Waals surface area contributed by atoms with Crippen LogP contribution in [0.4, 0.5) is 0 Å². The highest BCUT2D eigenvalue weighted by molar-refractivity contribution is 6.32. The maximum absolute atomic E-state index is 11.6. The summed E-state index contributed by atoms with van der Waals surface area (Å²) in [4.78, 5) is 18.5. The SMILES string of the molecule is Cc1cc(OCc2nc(C(C)N)cc(=O)[nH]2)cc(C)c1Cl. The molecule has 2 aromatic rings. The van der Waals surface area contributed by atoms with Gasteiger partial charge in [0.05, 0.1) is 5.69 Å². The lowest BCUT2D eigenvalue weighted by Gasteiger charge is -2.11. The number of nitrogens with zero attached hydrogens (tertiary/aromatic N) is 1. The van der Waals surface area contributed by atoms with Crippen LogP contribution in [0.5, 0.6) is 5.75 Å². The van der Waals surface area contributed by atoms with Crippen LogP contribution < -0.4 is 16.0 Å². The van der Waals surface area contributed by atoms with Gasteiger partial charge in [-0.25, -0.2) is 4.98 Å². The number of ether oxygens (including phenoxy) is 1. The molecule has 1 unspecified atom stereocenters. The summed E-state index contributed by atoms with van der Waals surface area (Å²) in [6.45, 7) is 5.77. The molecule has 0 fully saturated rings. The smallest absolute Gasteiger partial charge is 0.251 e. The topological polar surface area (TPSA) is 81.0 Å². The number of halogens is 1. The van der Waals surface area contributed by atoms with Crippen molar-refractivity contribution in [3.05, 3.63) is 56.2 Å². The quantitative estimate of drug-likeness (QED) is 0.910. The monoisotopic (exact) mass is 307 g/mol. The zero-order valence-corrected chi connectivity index (χ0v) is 13.0. The maximum atomic E-state index is 11.6. The molecule has 112 valence electrons. The van der Waals surface area contributed by atoms with Gasteiger partial charge < -0.3 is 15.5 Å². The molecular formula is C15H18ClN3O2. The fourth-order valence-electron chi connectivity index (χ4n) is 1.97. The standard InChI is InChI=1S/C15H18ClN3O2/c1-8-4-11(5-9(2)15(8)16)21-7-13-18-12(10(3)17)6-14(20)19-13/h4-6,10H,7,17H2,1-3H3,(H,18,19,20). The lowest BCUT2D eigenvalue weighted by Crippen LogP contribution is -2.18. The highest BCUT2D eigenvalue weighted by Gasteiger charge is 2.07. The molecule has 0 bridgehead atoms. The second-order valence-electron chi connectivity index (χ2n) is 5.07. The molecule has 6 heteroatoms. The summed E-state index contributed by atoms with van der Waals surface area (Å²) in [5.74, 6) is 1.13. The van der Waals surface area contributed by atoms with Crippen LogP contribution in [0.15, 0.2) is 23.0 Å². The van der Waals surface area contributed by atoms with Crippen LogP contribution in [0.2, 0.25) is 5.02 Å². The largest absolute Gasteiger partial charge is 0.486 e. The average Bonchev–Trinajstić information content (AvgIpc) is 2.41. The van der Waals surface area contributed by atoms with E-state index in [0.29, 0.717) is 17.3 Å². The number of hydrogen-bond donors (Lipinski definition) is 2. The van der Waals surface area contributed by atoms with Crippen LogP contribution in [0.3, 0.4) is 0 Å². The first kappa shape index (κ1) is 15.5. The Balaban J connectivity index is 2.18. The average molecular weight is 308 g/mol. The summed E-state index contributed by atoms with van der Waals surface area (Å²) in [6.07, 6.45) is 0. The van der Waals surface area contributed by atoms with E-state index in [1.807, 2.05) is 26.0 Å². The highest BCUT2D eigenvalue weighted by atomic mass is 35.5. The van der Waals surface area contributed by atoms with E-state index < -0.39 is 0 Å². The van der Waals surface area contributed by atoms with Crippen molar-refractivity contribution >= 4 is 11.6 Å². The highest BCUT2D eigenvalue weighted by Crippen LogP contribution is 2.26. The lowest BCUT2D eigenvalue weighted by atomic mass is 10.1. The first-order valence-electron chi connectivity index (χ1n) is 6.62. The van der Waals surface area contributed by atoms with E-state index in [4.69, 9.17) is 22.1 Å². The molecule has 1 aromatic carbocycles. The fraction of sp³-hybridized carbons (Fsp3) is 0.333. The molecule has 2 rings (SSSR count). The Kier molecular flexibility index (Phi) is 4.65. The molecule has 0 saturated heterocycles. The van der Waals surface area contributed by atoms with Crippen LogP contribution >= 0.6 is 11.6 Å². The third-order valence-corrected chi connectivity index (χ3v) is 3.66. The molecule has 0 aliphatic carbocycles. The lowest BCUT2D eigenvalue weighted by molar-refractivity contribution is 0.294. The van der Waals surface area contributed by atoms with Gasteiger partial charge in [-0.2, -0.15) is 0 Å². The number of aromatic amines is 1. The zero-order valence-electron chi connectivity index (χ0n) is 12.2. The molecule has 5 nitrogen and oxygen atoms in total. The second kappa shape index (κ2) is 6.28. The van der Waals surface area contributed by atoms with E-state index >= 15 is 0 Å². The van der Waals surface area contributed by atoms with Crippen molar-refractivity contribution in [3.8, 4) is 5.75 Å². The summed E-state index contributed by atoms with van der Waals surface area (Å²) in [7, 11) is 0. The number of H-pyrrole nitrogens is 1. The molecular weight excluding hydrogens is 290 g/mol. The van der Waals surface area contributed by atoms with E-state index in [1.165, 1.54) is 6.07 Å². The Morgan fingerprint density at radius 2 is 1.95 bits per heavy atom.